The summed E-state index contributed by atoms with van der Waals surface area (Å²) in [6.07, 6.45) is 1.14. The number of rotatable bonds is 0. The molecule has 0 radical (unpaired) electrons. The van der Waals surface area contributed by atoms with Gasteiger partial charge >= 0.3 is 0 Å². The molecule has 0 aliphatic carbocycles. The number of nitrogens with zero attached hydrogens (tertiary/aromatic N) is 2. The molecule has 0 atom stereocenters. The third-order valence-corrected chi connectivity index (χ3v) is 3.08. The summed E-state index contributed by atoms with van der Waals surface area (Å²) in [6, 6.07) is 4.10. The van der Waals surface area contributed by atoms with Crippen molar-refractivity contribution in [2.24, 2.45) is 0 Å². The van der Waals surface area contributed by atoms with Crippen LogP contribution in [0.25, 0.3) is 11.0 Å². The fraction of sp³-hybridized carbons (Fsp3) is 0.364. The highest BCUT2D eigenvalue weighted by Gasteiger charge is 2.15. The first kappa shape index (κ1) is 9.04. The number of aryl methyl sites for hydroxylation is 2. The highest BCUT2D eigenvalue weighted by molar-refractivity contribution is 6.35. The number of imidazole rings is 1. The molecule has 2 aromatic rings. The summed E-state index contributed by atoms with van der Waals surface area (Å²) in [5, 5.41) is 4.04. The summed E-state index contributed by atoms with van der Waals surface area (Å²) in [4.78, 5) is 4.51. The van der Waals surface area contributed by atoms with Crippen LogP contribution < -0.4 is 5.32 Å². The zero-order valence-corrected chi connectivity index (χ0v) is 9.30. The number of hydrogen-bond donors (Lipinski definition) is 1. The van der Waals surface area contributed by atoms with Gasteiger partial charge in [-0.05, 0) is 31.0 Å². The molecule has 0 bridgehead atoms. The van der Waals surface area contributed by atoms with Crippen molar-refractivity contribution in [3.05, 3.63) is 22.7 Å². The Balaban J connectivity index is 2.37. The van der Waals surface area contributed by atoms with Gasteiger partial charge in [0.1, 0.15) is 5.52 Å². The van der Waals surface area contributed by atoms with E-state index in [-0.39, 0.29) is 0 Å². The normalized spacial score (nSPS) is 15.1. The van der Waals surface area contributed by atoms with Crippen molar-refractivity contribution in [1.29, 1.82) is 0 Å². The van der Waals surface area contributed by atoms with E-state index < -0.39 is 0 Å². The summed E-state index contributed by atoms with van der Waals surface area (Å²) >= 11 is 6.18. The molecule has 0 unspecified atom stereocenters. The SMILES string of the molecule is Cc1cc(Cl)c2nc3n(c2c1)CCCN3. The maximum Gasteiger partial charge on any atom is 0.203 e. The first-order chi connectivity index (χ1) is 7.25. The van der Waals surface area contributed by atoms with Crippen LogP contribution in [0, 0.1) is 6.92 Å². The molecule has 4 heteroatoms. The quantitative estimate of drug-likeness (QED) is 0.742. The van der Waals surface area contributed by atoms with Gasteiger partial charge in [0.15, 0.2) is 0 Å². The Morgan fingerprint density at radius 2 is 2.33 bits per heavy atom. The second-order valence-corrected chi connectivity index (χ2v) is 4.39. The van der Waals surface area contributed by atoms with Crippen molar-refractivity contribution >= 4 is 28.6 Å². The van der Waals surface area contributed by atoms with Crippen LogP contribution in [0.3, 0.4) is 0 Å². The number of benzene rings is 1. The second-order valence-electron chi connectivity index (χ2n) is 3.98. The van der Waals surface area contributed by atoms with Crippen molar-refractivity contribution in [3.63, 3.8) is 0 Å². The van der Waals surface area contributed by atoms with E-state index in [2.05, 4.69) is 27.9 Å². The third kappa shape index (κ3) is 1.30. The zero-order valence-electron chi connectivity index (χ0n) is 8.55. The van der Waals surface area contributed by atoms with Crippen LogP contribution in [-0.2, 0) is 6.54 Å². The van der Waals surface area contributed by atoms with Crippen LogP contribution in [0.4, 0.5) is 5.95 Å². The number of anilines is 1. The fourth-order valence-electron chi connectivity index (χ4n) is 2.11. The minimum atomic E-state index is 0.744. The summed E-state index contributed by atoms with van der Waals surface area (Å²) in [5.74, 6) is 0.948. The average Bonchev–Trinajstić information content (AvgIpc) is 2.57. The van der Waals surface area contributed by atoms with E-state index in [0.717, 1.165) is 41.5 Å². The third-order valence-electron chi connectivity index (χ3n) is 2.79. The lowest BCUT2D eigenvalue weighted by atomic mass is 10.2. The van der Waals surface area contributed by atoms with Crippen LogP contribution in [0.5, 0.6) is 0 Å². The molecule has 2 heterocycles. The minimum Gasteiger partial charge on any atom is -0.356 e. The van der Waals surface area contributed by atoms with Crippen LogP contribution >= 0.6 is 11.6 Å². The Hall–Kier alpha value is -1.22. The number of halogens is 1. The lowest BCUT2D eigenvalue weighted by molar-refractivity contribution is 0.642. The maximum atomic E-state index is 6.18. The molecule has 1 aliphatic rings. The van der Waals surface area contributed by atoms with E-state index in [0.29, 0.717) is 0 Å². The minimum absolute atomic E-state index is 0.744. The summed E-state index contributed by atoms with van der Waals surface area (Å²) in [6.45, 7) is 4.08. The molecule has 78 valence electrons. The fourth-order valence-corrected chi connectivity index (χ4v) is 2.42. The molecule has 15 heavy (non-hydrogen) atoms. The Bertz CT molecular complexity index is 530. The highest BCUT2D eigenvalue weighted by Crippen LogP contribution is 2.29. The van der Waals surface area contributed by atoms with Gasteiger partial charge in [-0.1, -0.05) is 11.6 Å². The van der Waals surface area contributed by atoms with Gasteiger partial charge in [-0.2, -0.15) is 0 Å². The molecule has 0 saturated heterocycles. The van der Waals surface area contributed by atoms with Gasteiger partial charge in [0.2, 0.25) is 5.95 Å². The predicted molar refractivity (Wildman–Crippen MR) is 62.6 cm³/mol. The van der Waals surface area contributed by atoms with Gasteiger partial charge < -0.3 is 9.88 Å². The van der Waals surface area contributed by atoms with E-state index in [4.69, 9.17) is 11.6 Å². The second kappa shape index (κ2) is 3.14. The topological polar surface area (TPSA) is 29.9 Å². The molecule has 0 spiro atoms. The van der Waals surface area contributed by atoms with E-state index in [1.807, 2.05) is 6.07 Å². The first-order valence-electron chi connectivity index (χ1n) is 5.16. The first-order valence-corrected chi connectivity index (χ1v) is 5.54. The number of hydrogen-bond acceptors (Lipinski definition) is 2. The van der Waals surface area contributed by atoms with E-state index in [9.17, 15) is 0 Å². The molecule has 1 N–H and O–H groups in total. The lowest BCUT2D eigenvalue weighted by Crippen LogP contribution is -2.16. The van der Waals surface area contributed by atoms with Crippen LogP contribution in [0.1, 0.15) is 12.0 Å². The Kier molecular flexibility index (Phi) is 1.89. The smallest absolute Gasteiger partial charge is 0.203 e. The van der Waals surface area contributed by atoms with Crippen LogP contribution in [0.15, 0.2) is 12.1 Å². The molecule has 1 aromatic carbocycles. The maximum absolute atomic E-state index is 6.18. The largest absolute Gasteiger partial charge is 0.356 e. The molecule has 1 aliphatic heterocycles. The van der Waals surface area contributed by atoms with Gasteiger partial charge in [-0.15, -0.1) is 0 Å². The molecular weight excluding hydrogens is 210 g/mol. The average molecular weight is 222 g/mol. The molecule has 3 nitrogen and oxygen atoms in total. The van der Waals surface area contributed by atoms with Gasteiger partial charge in [-0.25, -0.2) is 4.98 Å². The monoisotopic (exact) mass is 221 g/mol. The van der Waals surface area contributed by atoms with Crippen LogP contribution in [-0.4, -0.2) is 16.1 Å². The molecule has 0 fully saturated rings. The van der Waals surface area contributed by atoms with Crippen molar-refractivity contribution in [3.8, 4) is 0 Å². The summed E-state index contributed by atoms with van der Waals surface area (Å²) in [7, 11) is 0. The molecule has 0 amide bonds. The number of nitrogens with one attached hydrogen (secondary N) is 1. The van der Waals surface area contributed by atoms with Gasteiger partial charge in [0.05, 0.1) is 10.5 Å². The zero-order chi connectivity index (χ0) is 10.4. The van der Waals surface area contributed by atoms with Crippen molar-refractivity contribution in [2.75, 3.05) is 11.9 Å². The van der Waals surface area contributed by atoms with Crippen molar-refractivity contribution in [1.82, 2.24) is 9.55 Å². The van der Waals surface area contributed by atoms with Gasteiger partial charge in [-0.3, -0.25) is 0 Å². The molecule has 3 rings (SSSR count). The number of aromatic nitrogens is 2. The highest BCUT2D eigenvalue weighted by atomic mass is 35.5. The predicted octanol–water partition coefficient (Wildman–Crippen LogP) is 2.81. The Labute approximate surface area is 93.1 Å². The van der Waals surface area contributed by atoms with Crippen molar-refractivity contribution < 1.29 is 0 Å². The standard InChI is InChI=1S/C11H12ClN3/c1-7-5-8(12)10-9(6-7)15-4-2-3-13-11(15)14-10/h5-6H,2-4H2,1H3,(H,13,14). The van der Waals surface area contributed by atoms with E-state index in [1.54, 1.807) is 0 Å². The van der Waals surface area contributed by atoms with Crippen LogP contribution in [0.2, 0.25) is 5.02 Å². The summed E-state index contributed by atoms with van der Waals surface area (Å²) < 4.78 is 2.21. The number of fused-ring (bicyclic) bond motifs is 3. The van der Waals surface area contributed by atoms with Gasteiger partial charge in [0.25, 0.3) is 0 Å². The Morgan fingerprint density at radius 3 is 3.20 bits per heavy atom. The molecular formula is C11H12ClN3. The van der Waals surface area contributed by atoms with E-state index in [1.165, 1.54) is 5.56 Å². The van der Waals surface area contributed by atoms with E-state index >= 15 is 0 Å². The molecule has 1 aromatic heterocycles. The lowest BCUT2D eigenvalue weighted by Gasteiger charge is -2.15. The van der Waals surface area contributed by atoms with Gasteiger partial charge in [0, 0.05) is 13.1 Å². The van der Waals surface area contributed by atoms with Crippen molar-refractivity contribution in [2.45, 2.75) is 19.9 Å². The molecule has 0 saturated carbocycles. The Morgan fingerprint density at radius 1 is 1.47 bits per heavy atom. The summed E-state index contributed by atoms with van der Waals surface area (Å²) in [5.41, 5.74) is 3.23.